The Bertz CT molecular complexity index is 1340. The summed E-state index contributed by atoms with van der Waals surface area (Å²) in [5, 5.41) is 0.210. The monoisotopic (exact) mass is 496 g/mol. The van der Waals surface area contributed by atoms with Crippen LogP contribution in [0.2, 0.25) is 5.02 Å². The molecule has 1 aliphatic heterocycles. The predicted octanol–water partition coefficient (Wildman–Crippen LogP) is 5.10. The topological polar surface area (TPSA) is 66.9 Å². The molecular weight excluding hydrogens is 472 g/mol. The number of hydrogen-bond donors (Lipinski definition) is 0. The molecule has 0 saturated carbocycles. The lowest BCUT2D eigenvalue weighted by Crippen LogP contribution is -2.35. The van der Waals surface area contributed by atoms with Crippen LogP contribution in [0.1, 0.15) is 22.3 Å². The maximum Gasteiger partial charge on any atom is 0.264 e. The molecule has 3 aromatic rings. The first-order valence-corrected chi connectivity index (χ1v) is 12.6. The van der Waals surface area contributed by atoms with E-state index in [9.17, 15) is 13.2 Å². The van der Waals surface area contributed by atoms with Crippen molar-refractivity contribution in [3.05, 3.63) is 95.0 Å². The van der Waals surface area contributed by atoms with Gasteiger partial charge in [0.05, 0.1) is 28.3 Å². The number of anilines is 1. The number of nitrogens with zero attached hydrogens (tertiary/aromatic N) is 2. The van der Waals surface area contributed by atoms with E-state index in [4.69, 9.17) is 16.3 Å². The van der Waals surface area contributed by atoms with E-state index in [0.717, 1.165) is 9.87 Å². The van der Waals surface area contributed by atoms with E-state index in [2.05, 4.69) is 0 Å². The molecule has 3 aromatic carbocycles. The molecular formula is C26H25ClN2O4S. The van der Waals surface area contributed by atoms with E-state index in [1.165, 1.54) is 37.9 Å². The van der Waals surface area contributed by atoms with Crippen LogP contribution in [-0.4, -0.2) is 46.5 Å². The fourth-order valence-corrected chi connectivity index (χ4v) is 5.38. The maximum absolute atomic E-state index is 13.4. The summed E-state index contributed by atoms with van der Waals surface area (Å²) in [6.07, 6.45) is 2.74. The predicted molar refractivity (Wildman–Crippen MR) is 135 cm³/mol. The Balaban J connectivity index is 1.60. The minimum absolute atomic E-state index is 0.0221. The summed E-state index contributed by atoms with van der Waals surface area (Å²) < 4.78 is 33.2. The van der Waals surface area contributed by atoms with Crippen molar-refractivity contribution >= 4 is 38.8 Å². The van der Waals surface area contributed by atoms with Crippen molar-refractivity contribution in [1.29, 1.82) is 0 Å². The summed E-state index contributed by atoms with van der Waals surface area (Å²) in [7, 11) is -1.03. The molecule has 0 bridgehead atoms. The van der Waals surface area contributed by atoms with Gasteiger partial charge in [-0.1, -0.05) is 60.1 Å². The van der Waals surface area contributed by atoms with Crippen LogP contribution < -0.4 is 9.04 Å². The third kappa shape index (κ3) is 4.67. The van der Waals surface area contributed by atoms with Crippen molar-refractivity contribution in [3.63, 3.8) is 0 Å². The molecule has 1 amide bonds. The lowest BCUT2D eigenvalue weighted by molar-refractivity contribution is 0.0773. The molecule has 0 unspecified atom stereocenters. The van der Waals surface area contributed by atoms with Crippen molar-refractivity contribution < 1.29 is 17.9 Å². The van der Waals surface area contributed by atoms with E-state index in [0.29, 0.717) is 30.9 Å². The molecule has 0 radical (unpaired) electrons. The number of sulfonamides is 1. The Morgan fingerprint density at radius 2 is 1.74 bits per heavy atom. The second kappa shape index (κ2) is 9.91. The quantitative estimate of drug-likeness (QED) is 0.476. The Morgan fingerprint density at radius 1 is 1.03 bits per heavy atom. The van der Waals surface area contributed by atoms with E-state index < -0.39 is 10.0 Å². The van der Waals surface area contributed by atoms with Crippen molar-refractivity contribution in [2.45, 2.75) is 11.3 Å². The first-order chi connectivity index (χ1) is 16.3. The van der Waals surface area contributed by atoms with Crippen molar-refractivity contribution in [3.8, 4) is 5.75 Å². The van der Waals surface area contributed by atoms with Crippen LogP contribution in [-0.2, 0) is 10.0 Å². The maximum atomic E-state index is 13.4. The summed E-state index contributed by atoms with van der Waals surface area (Å²) in [5.74, 6) is 0.124. The highest BCUT2D eigenvalue weighted by Crippen LogP contribution is 2.32. The Hall–Kier alpha value is -3.29. The molecule has 4 rings (SSSR count). The van der Waals surface area contributed by atoms with Crippen molar-refractivity contribution in [1.82, 2.24) is 4.90 Å². The highest BCUT2D eigenvalue weighted by molar-refractivity contribution is 7.92. The normalized spacial score (nSPS) is 13.9. The molecule has 1 aliphatic rings. The fraction of sp³-hybridized carbons (Fsp3) is 0.192. The molecule has 176 valence electrons. The summed E-state index contributed by atoms with van der Waals surface area (Å²) in [5.41, 5.74) is 2.88. The average Bonchev–Trinajstić information content (AvgIpc) is 2.88. The van der Waals surface area contributed by atoms with Crippen LogP contribution in [0.3, 0.4) is 0 Å². The average molecular weight is 497 g/mol. The van der Waals surface area contributed by atoms with Gasteiger partial charge < -0.3 is 9.64 Å². The largest absolute Gasteiger partial charge is 0.495 e. The second-order valence-corrected chi connectivity index (χ2v) is 10.3. The summed E-state index contributed by atoms with van der Waals surface area (Å²) in [6.45, 7) is 0.950. The Kier molecular flexibility index (Phi) is 6.95. The molecule has 6 nitrogen and oxygen atoms in total. The number of amides is 1. The minimum Gasteiger partial charge on any atom is -0.495 e. The van der Waals surface area contributed by atoms with Gasteiger partial charge in [0.25, 0.3) is 15.9 Å². The number of para-hydroxylation sites is 2. The molecule has 0 fully saturated rings. The van der Waals surface area contributed by atoms with E-state index in [1.54, 1.807) is 29.2 Å². The minimum atomic E-state index is -3.96. The van der Waals surface area contributed by atoms with Crippen molar-refractivity contribution in [2.75, 3.05) is 31.6 Å². The van der Waals surface area contributed by atoms with E-state index in [1.807, 2.05) is 36.4 Å². The molecule has 0 atom stereocenters. The molecule has 0 aromatic heterocycles. The van der Waals surface area contributed by atoms with Gasteiger partial charge in [-0.2, -0.15) is 0 Å². The van der Waals surface area contributed by atoms with Crippen LogP contribution in [0.25, 0.3) is 5.57 Å². The lowest BCUT2D eigenvalue weighted by atomic mass is 9.99. The molecule has 0 N–H and O–H groups in total. The SMILES string of the molecule is COc1ccccc1N(C)S(=O)(=O)c1ccc(Cl)c(C(=O)N2CC=C(c3ccccc3)CC2)c1. The van der Waals surface area contributed by atoms with Crippen LogP contribution in [0.15, 0.2) is 83.8 Å². The van der Waals surface area contributed by atoms with Crippen LogP contribution in [0.4, 0.5) is 5.69 Å². The van der Waals surface area contributed by atoms with Crippen LogP contribution in [0, 0.1) is 0 Å². The number of methoxy groups -OCH3 is 1. The van der Waals surface area contributed by atoms with E-state index >= 15 is 0 Å². The summed E-state index contributed by atoms with van der Waals surface area (Å²) in [4.78, 5) is 14.9. The highest BCUT2D eigenvalue weighted by atomic mass is 35.5. The molecule has 0 aliphatic carbocycles. The van der Waals surface area contributed by atoms with Crippen LogP contribution >= 0.6 is 11.6 Å². The second-order valence-electron chi connectivity index (χ2n) is 7.88. The van der Waals surface area contributed by atoms with Gasteiger partial charge in [-0.15, -0.1) is 0 Å². The number of halogens is 1. The van der Waals surface area contributed by atoms with Gasteiger partial charge >= 0.3 is 0 Å². The highest BCUT2D eigenvalue weighted by Gasteiger charge is 2.27. The summed E-state index contributed by atoms with van der Waals surface area (Å²) in [6, 6.07) is 21.1. The zero-order valence-electron chi connectivity index (χ0n) is 18.9. The smallest absolute Gasteiger partial charge is 0.264 e. The number of carbonyl (C=O) groups excluding carboxylic acids is 1. The molecule has 34 heavy (non-hydrogen) atoms. The number of carbonyl (C=O) groups is 1. The number of rotatable bonds is 6. The Morgan fingerprint density at radius 3 is 2.41 bits per heavy atom. The molecule has 0 spiro atoms. The van der Waals surface area contributed by atoms with Gasteiger partial charge in [-0.05, 0) is 47.9 Å². The fourth-order valence-electron chi connectivity index (χ4n) is 3.94. The number of ether oxygens (including phenoxy) is 1. The van der Waals surface area contributed by atoms with Gasteiger partial charge in [0.15, 0.2) is 0 Å². The van der Waals surface area contributed by atoms with Gasteiger partial charge in [-0.25, -0.2) is 8.42 Å². The molecule has 1 heterocycles. The third-order valence-electron chi connectivity index (χ3n) is 5.89. The lowest BCUT2D eigenvalue weighted by Gasteiger charge is -2.27. The zero-order chi connectivity index (χ0) is 24.3. The first-order valence-electron chi connectivity index (χ1n) is 10.8. The van der Waals surface area contributed by atoms with Gasteiger partial charge in [0.1, 0.15) is 5.75 Å². The number of benzene rings is 3. The molecule has 0 saturated heterocycles. The molecule has 8 heteroatoms. The standard InChI is InChI=1S/C26H25ClN2O4S/c1-28(24-10-6-7-11-25(24)33-2)34(31,32)21-12-13-23(27)22(18-21)26(30)29-16-14-20(15-17-29)19-8-4-3-5-9-19/h3-14,18H,15-17H2,1-2H3. The first kappa shape index (κ1) is 23.9. The number of hydrogen-bond acceptors (Lipinski definition) is 4. The Labute approximate surface area is 205 Å². The van der Waals surface area contributed by atoms with Gasteiger partial charge in [0.2, 0.25) is 0 Å². The third-order valence-corrected chi connectivity index (χ3v) is 7.99. The van der Waals surface area contributed by atoms with Crippen LogP contribution in [0.5, 0.6) is 5.75 Å². The van der Waals surface area contributed by atoms with Crippen molar-refractivity contribution in [2.24, 2.45) is 0 Å². The zero-order valence-corrected chi connectivity index (χ0v) is 20.5. The van der Waals surface area contributed by atoms with Gasteiger partial charge in [0, 0.05) is 20.1 Å². The van der Waals surface area contributed by atoms with E-state index in [-0.39, 0.29) is 21.4 Å². The van der Waals surface area contributed by atoms with Gasteiger partial charge in [-0.3, -0.25) is 9.10 Å². The summed E-state index contributed by atoms with van der Waals surface area (Å²) >= 11 is 6.34.